The molecule has 92 valence electrons. The minimum Gasteiger partial charge on any atom is -0.443 e. The summed E-state index contributed by atoms with van der Waals surface area (Å²) >= 11 is 0. The summed E-state index contributed by atoms with van der Waals surface area (Å²) in [5.41, 5.74) is -1.23. The number of hydrogen-bond donors (Lipinski definition) is 2. The highest BCUT2D eigenvalue weighted by Crippen LogP contribution is 2.43. The Morgan fingerprint density at radius 3 is 2.75 bits per heavy atom. The zero-order chi connectivity index (χ0) is 11.8. The van der Waals surface area contributed by atoms with Crippen LogP contribution in [0.25, 0.3) is 0 Å². The fourth-order valence-electron chi connectivity index (χ4n) is 2.65. The summed E-state index contributed by atoms with van der Waals surface area (Å²) in [5.74, 6) is 0.688. The molecule has 2 rings (SSSR count). The lowest BCUT2D eigenvalue weighted by atomic mass is 9.82. The van der Waals surface area contributed by atoms with Crippen molar-refractivity contribution in [2.24, 2.45) is 5.92 Å². The molecule has 0 radical (unpaired) electrons. The quantitative estimate of drug-likeness (QED) is 0.770. The van der Waals surface area contributed by atoms with Gasteiger partial charge in [0.2, 0.25) is 0 Å². The van der Waals surface area contributed by atoms with Gasteiger partial charge in [0.1, 0.15) is 5.60 Å². The molecule has 0 aromatic heterocycles. The Bertz CT molecular complexity index is 280. The molecule has 2 aliphatic rings. The molecule has 0 spiro atoms. The number of aliphatic hydroxyl groups is 1. The first-order chi connectivity index (χ1) is 7.39. The molecule has 1 aliphatic heterocycles. The van der Waals surface area contributed by atoms with Crippen molar-refractivity contribution in [2.45, 2.75) is 57.2 Å². The molecule has 16 heavy (non-hydrogen) atoms. The summed E-state index contributed by atoms with van der Waals surface area (Å²) in [6, 6.07) is 0. The second kappa shape index (κ2) is 3.91. The Morgan fingerprint density at radius 1 is 1.56 bits per heavy atom. The summed E-state index contributed by atoms with van der Waals surface area (Å²) in [4.78, 5) is 11.4. The second-order valence-electron chi connectivity index (χ2n) is 5.89. The van der Waals surface area contributed by atoms with Crippen LogP contribution >= 0.6 is 0 Å². The third kappa shape index (κ3) is 3.11. The Balaban J connectivity index is 2.06. The van der Waals surface area contributed by atoms with Gasteiger partial charge in [-0.05, 0) is 26.2 Å². The number of amides is 1. The van der Waals surface area contributed by atoms with Crippen LogP contribution < -0.4 is 5.32 Å². The molecule has 1 saturated heterocycles. The number of hydrogen-bond acceptors (Lipinski definition) is 3. The number of rotatable bonds is 4. The fraction of sp³-hybridized carbons (Fsp3) is 0.917. The second-order valence-corrected chi connectivity index (χ2v) is 5.89. The lowest BCUT2D eigenvalue weighted by molar-refractivity contribution is -0.0769. The third-order valence-corrected chi connectivity index (χ3v) is 3.27. The van der Waals surface area contributed by atoms with Crippen LogP contribution in [0.4, 0.5) is 4.79 Å². The van der Waals surface area contributed by atoms with E-state index in [2.05, 4.69) is 5.32 Å². The normalized spacial score (nSPS) is 30.8. The Labute approximate surface area is 96.4 Å². The van der Waals surface area contributed by atoms with Crippen LogP contribution in [-0.2, 0) is 4.74 Å². The molecule has 0 bridgehead atoms. The maximum atomic E-state index is 11.4. The predicted molar refractivity (Wildman–Crippen MR) is 60.1 cm³/mol. The van der Waals surface area contributed by atoms with Crippen molar-refractivity contribution >= 4 is 6.09 Å². The number of carbonyl (C=O) groups is 1. The van der Waals surface area contributed by atoms with Gasteiger partial charge in [-0.2, -0.15) is 0 Å². The van der Waals surface area contributed by atoms with Crippen LogP contribution in [0.1, 0.15) is 46.0 Å². The smallest absolute Gasteiger partial charge is 0.407 e. The third-order valence-electron chi connectivity index (χ3n) is 3.27. The standard InChI is InChI=1S/C12H21NO3/c1-11(2,15)8-12(7-9-3-4-9)5-6-13-10(14)16-12/h9,15H,3-8H2,1-2H3,(H,13,14). The fourth-order valence-corrected chi connectivity index (χ4v) is 2.65. The number of carbonyl (C=O) groups excluding carboxylic acids is 1. The molecular weight excluding hydrogens is 206 g/mol. The lowest BCUT2D eigenvalue weighted by Gasteiger charge is -2.40. The summed E-state index contributed by atoms with van der Waals surface area (Å²) in [6.07, 6.45) is 4.38. The van der Waals surface area contributed by atoms with E-state index >= 15 is 0 Å². The van der Waals surface area contributed by atoms with Crippen molar-refractivity contribution in [1.29, 1.82) is 0 Å². The van der Waals surface area contributed by atoms with E-state index in [1.165, 1.54) is 12.8 Å². The van der Waals surface area contributed by atoms with E-state index in [0.717, 1.165) is 12.8 Å². The minimum absolute atomic E-state index is 0.337. The predicted octanol–water partition coefficient (Wildman–Crippen LogP) is 1.82. The monoisotopic (exact) mass is 227 g/mol. The van der Waals surface area contributed by atoms with Crippen LogP contribution in [0.2, 0.25) is 0 Å². The van der Waals surface area contributed by atoms with Gasteiger partial charge in [0.25, 0.3) is 0 Å². The van der Waals surface area contributed by atoms with Gasteiger partial charge in [-0.25, -0.2) is 4.79 Å². The van der Waals surface area contributed by atoms with Crippen LogP contribution in [0.5, 0.6) is 0 Å². The molecule has 4 nitrogen and oxygen atoms in total. The van der Waals surface area contributed by atoms with E-state index in [-0.39, 0.29) is 6.09 Å². The zero-order valence-electron chi connectivity index (χ0n) is 10.1. The molecule has 1 aliphatic carbocycles. The van der Waals surface area contributed by atoms with Gasteiger partial charge in [0.05, 0.1) is 5.60 Å². The van der Waals surface area contributed by atoms with Crippen molar-refractivity contribution in [3.8, 4) is 0 Å². The van der Waals surface area contributed by atoms with Crippen molar-refractivity contribution in [3.63, 3.8) is 0 Å². The molecule has 0 aromatic carbocycles. The van der Waals surface area contributed by atoms with E-state index in [1.54, 1.807) is 13.8 Å². The van der Waals surface area contributed by atoms with E-state index in [1.807, 2.05) is 0 Å². The van der Waals surface area contributed by atoms with Gasteiger partial charge < -0.3 is 15.2 Å². The van der Waals surface area contributed by atoms with Crippen molar-refractivity contribution < 1.29 is 14.6 Å². The molecule has 1 atom stereocenters. The SMILES string of the molecule is CC(C)(O)CC1(CC2CC2)CCNC(=O)O1. The maximum Gasteiger partial charge on any atom is 0.407 e. The van der Waals surface area contributed by atoms with Gasteiger partial charge >= 0.3 is 6.09 Å². The van der Waals surface area contributed by atoms with E-state index in [9.17, 15) is 9.90 Å². The van der Waals surface area contributed by atoms with Gasteiger partial charge in [-0.3, -0.25) is 0 Å². The molecule has 2 N–H and O–H groups in total. The topological polar surface area (TPSA) is 58.6 Å². The summed E-state index contributed by atoms with van der Waals surface area (Å²) < 4.78 is 5.49. The number of nitrogens with one attached hydrogen (secondary N) is 1. The number of ether oxygens (including phenoxy) is 1. The summed E-state index contributed by atoms with van der Waals surface area (Å²) in [5, 5.41) is 12.6. The van der Waals surface area contributed by atoms with Crippen LogP contribution in [0.3, 0.4) is 0 Å². The van der Waals surface area contributed by atoms with Gasteiger partial charge in [-0.15, -0.1) is 0 Å². The first-order valence-electron chi connectivity index (χ1n) is 6.08. The first kappa shape index (κ1) is 11.7. The molecule has 1 heterocycles. The maximum absolute atomic E-state index is 11.4. The van der Waals surface area contributed by atoms with Gasteiger partial charge in [0.15, 0.2) is 0 Å². The van der Waals surface area contributed by atoms with Crippen LogP contribution in [-0.4, -0.2) is 28.9 Å². The first-order valence-corrected chi connectivity index (χ1v) is 6.08. The van der Waals surface area contributed by atoms with Crippen molar-refractivity contribution in [3.05, 3.63) is 0 Å². The molecule has 4 heteroatoms. The molecular formula is C12H21NO3. The minimum atomic E-state index is -0.785. The Kier molecular flexibility index (Phi) is 2.86. The number of cyclic esters (lactones) is 1. The average Bonchev–Trinajstić information content (AvgIpc) is 2.83. The van der Waals surface area contributed by atoms with Crippen LogP contribution in [0.15, 0.2) is 0 Å². The molecule has 1 unspecified atom stereocenters. The highest BCUT2D eigenvalue weighted by molar-refractivity contribution is 5.68. The number of alkyl carbamates (subject to hydrolysis) is 1. The molecule has 1 amide bonds. The largest absolute Gasteiger partial charge is 0.443 e. The highest BCUT2D eigenvalue weighted by Gasteiger charge is 2.44. The molecule has 2 fully saturated rings. The van der Waals surface area contributed by atoms with Gasteiger partial charge in [0, 0.05) is 19.4 Å². The summed E-state index contributed by atoms with van der Waals surface area (Å²) in [6.45, 7) is 4.21. The highest BCUT2D eigenvalue weighted by atomic mass is 16.6. The van der Waals surface area contributed by atoms with E-state index in [4.69, 9.17) is 4.74 Å². The zero-order valence-corrected chi connectivity index (χ0v) is 10.1. The van der Waals surface area contributed by atoms with Crippen molar-refractivity contribution in [2.75, 3.05) is 6.54 Å². The average molecular weight is 227 g/mol. The van der Waals surface area contributed by atoms with Gasteiger partial charge in [-0.1, -0.05) is 12.8 Å². The Hall–Kier alpha value is -0.770. The summed E-state index contributed by atoms with van der Waals surface area (Å²) in [7, 11) is 0. The van der Waals surface area contributed by atoms with Crippen LogP contribution in [0, 0.1) is 5.92 Å². The molecule has 1 saturated carbocycles. The molecule has 0 aromatic rings. The van der Waals surface area contributed by atoms with Crippen molar-refractivity contribution in [1.82, 2.24) is 5.32 Å². The lowest BCUT2D eigenvalue weighted by Crippen LogP contribution is -2.50. The van der Waals surface area contributed by atoms with E-state index in [0.29, 0.717) is 18.9 Å². The van der Waals surface area contributed by atoms with E-state index < -0.39 is 11.2 Å². The Morgan fingerprint density at radius 2 is 2.25 bits per heavy atom.